The molecule has 3 N–H and O–H groups in total. The van der Waals surface area contributed by atoms with E-state index in [0.717, 1.165) is 5.56 Å². The van der Waals surface area contributed by atoms with Crippen LogP contribution in [0.1, 0.15) is 18.9 Å². The van der Waals surface area contributed by atoms with Gasteiger partial charge in [-0.25, -0.2) is 10.2 Å². The molecule has 0 aliphatic heterocycles. The first-order valence-corrected chi connectivity index (χ1v) is 5.01. The Morgan fingerprint density at radius 3 is 2.88 bits per heavy atom. The van der Waals surface area contributed by atoms with E-state index in [-0.39, 0.29) is 5.75 Å². The van der Waals surface area contributed by atoms with Crippen molar-refractivity contribution in [3.05, 3.63) is 29.6 Å². The molecule has 1 rings (SSSR count). The fraction of sp³-hybridized carbons (Fsp3) is 0.364. The van der Waals surface area contributed by atoms with Gasteiger partial charge in [-0.15, -0.1) is 0 Å². The number of hydrogen-bond donors (Lipinski definition) is 2. The second-order valence-electron chi connectivity index (χ2n) is 3.46. The van der Waals surface area contributed by atoms with E-state index < -0.39 is 17.8 Å². The van der Waals surface area contributed by atoms with Crippen LogP contribution in [0.15, 0.2) is 18.2 Å². The van der Waals surface area contributed by atoms with E-state index in [1.807, 2.05) is 12.3 Å². The third-order valence-electron chi connectivity index (χ3n) is 2.16. The van der Waals surface area contributed by atoms with Crippen molar-refractivity contribution in [2.45, 2.75) is 26.4 Å². The van der Waals surface area contributed by atoms with E-state index in [2.05, 4.69) is 0 Å². The third kappa shape index (κ3) is 2.93. The van der Waals surface area contributed by atoms with Crippen molar-refractivity contribution in [3.8, 4) is 5.75 Å². The zero-order chi connectivity index (χ0) is 12.1. The zero-order valence-electron chi connectivity index (χ0n) is 9.29. The molecule has 0 aliphatic carbocycles. The average molecular weight is 226 g/mol. The molecule has 0 saturated heterocycles. The van der Waals surface area contributed by atoms with Crippen LogP contribution in [0.2, 0.25) is 0 Å². The maximum atomic E-state index is 13.3. The van der Waals surface area contributed by atoms with Crippen LogP contribution in [0.3, 0.4) is 0 Å². The molecule has 1 aromatic carbocycles. The largest absolute Gasteiger partial charge is 0.477 e. The fourth-order valence-electron chi connectivity index (χ4n) is 1.27. The molecule has 0 bridgehead atoms. The summed E-state index contributed by atoms with van der Waals surface area (Å²) in [6.45, 7) is 3.57. The van der Waals surface area contributed by atoms with E-state index in [1.54, 1.807) is 19.1 Å². The Morgan fingerprint density at radius 2 is 2.31 bits per heavy atom. The molecule has 1 unspecified atom stereocenters. The molecule has 16 heavy (non-hydrogen) atoms. The molecule has 0 saturated carbocycles. The minimum Gasteiger partial charge on any atom is -0.477 e. The highest BCUT2D eigenvalue weighted by molar-refractivity contribution is 5.80. The molecule has 1 atom stereocenters. The molecular formula is C11H15FN2O2. The summed E-state index contributed by atoms with van der Waals surface area (Å²) < 4.78 is 18.6. The Hall–Kier alpha value is -1.62. The molecule has 1 aromatic rings. The van der Waals surface area contributed by atoms with Crippen molar-refractivity contribution in [1.82, 2.24) is 5.43 Å². The summed E-state index contributed by atoms with van der Waals surface area (Å²) in [5, 5.41) is 0. The predicted molar refractivity (Wildman–Crippen MR) is 58.2 cm³/mol. The molecule has 0 radical (unpaired) electrons. The van der Waals surface area contributed by atoms with Crippen molar-refractivity contribution in [2.75, 3.05) is 0 Å². The Balaban J connectivity index is 2.85. The first-order valence-electron chi connectivity index (χ1n) is 5.01. The SMILES string of the molecule is CCC(Oc1cc(C)ccc1F)C(=O)NN. The van der Waals surface area contributed by atoms with Gasteiger partial charge in [-0.2, -0.15) is 0 Å². The van der Waals surface area contributed by atoms with Gasteiger partial charge < -0.3 is 4.74 Å². The fourth-order valence-corrected chi connectivity index (χ4v) is 1.27. The molecule has 0 aromatic heterocycles. The van der Waals surface area contributed by atoms with Crippen molar-refractivity contribution in [1.29, 1.82) is 0 Å². The van der Waals surface area contributed by atoms with Crippen LogP contribution in [0.5, 0.6) is 5.75 Å². The van der Waals surface area contributed by atoms with Gasteiger partial charge in [0.1, 0.15) is 0 Å². The summed E-state index contributed by atoms with van der Waals surface area (Å²) in [5.74, 6) is 4.10. The number of nitrogens with two attached hydrogens (primary N) is 1. The normalized spacial score (nSPS) is 12.0. The number of carbonyl (C=O) groups is 1. The molecule has 5 heteroatoms. The third-order valence-corrected chi connectivity index (χ3v) is 2.16. The highest BCUT2D eigenvalue weighted by Gasteiger charge is 2.18. The molecule has 0 heterocycles. The van der Waals surface area contributed by atoms with E-state index >= 15 is 0 Å². The van der Waals surface area contributed by atoms with Gasteiger partial charge in [0.25, 0.3) is 5.91 Å². The topological polar surface area (TPSA) is 64.3 Å². The number of rotatable bonds is 4. The summed E-state index contributed by atoms with van der Waals surface area (Å²) >= 11 is 0. The van der Waals surface area contributed by atoms with Crippen LogP contribution in [-0.2, 0) is 4.79 Å². The van der Waals surface area contributed by atoms with Gasteiger partial charge in [0, 0.05) is 0 Å². The number of carbonyl (C=O) groups excluding carboxylic acids is 1. The molecule has 88 valence electrons. The second-order valence-corrected chi connectivity index (χ2v) is 3.46. The quantitative estimate of drug-likeness (QED) is 0.462. The Kier molecular flexibility index (Phi) is 4.25. The minimum absolute atomic E-state index is 0.0652. The monoisotopic (exact) mass is 226 g/mol. The maximum absolute atomic E-state index is 13.3. The molecule has 0 spiro atoms. The van der Waals surface area contributed by atoms with Crippen molar-refractivity contribution < 1.29 is 13.9 Å². The van der Waals surface area contributed by atoms with E-state index in [4.69, 9.17) is 10.6 Å². The minimum atomic E-state index is -0.777. The molecule has 4 nitrogen and oxygen atoms in total. The van der Waals surface area contributed by atoms with Crippen molar-refractivity contribution in [2.24, 2.45) is 5.84 Å². The van der Waals surface area contributed by atoms with Crippen LogP contribution >= 0.6 is 0 Å². The average Bonchev–Trinajstić information content (AvgIpc) is 2.29. The molecule has 0 fully saturated rings. The summed E-state index contributed by atoms with van der Waals surface area (Å²) in [7, 11) is 0. The number of ether oxygens (including phenoxy) is 1. The van der Waals surface area contributed by atoms with Gasteiger partial charge in [-0.3, -0.25) is 10.2 Å². The molecular weight excluding hydrogens is 211 g/mol. The smallest absolute Gasteiger partial charge is 0.274 e. The number of nitrogens with one attached hydrogen (secondary N) is 1. The lowest BCUT2D eigenvalue weighted by Crippen LogP contribution is -2.41. The van der Waals surface area contributed by atoms with Crippen molar-refractivity contribution in [3.63, 3.8) is 0 Å². The maximum Gasteiger partial charge on any atom is 0.274 e. The standard InChI is InChI=1S/C11H15FN2O2/c1-3-9(11(15)14-13)16-10-6-7(2)4-5-8(10)12/h4-6,9H,3,13H2,1-2H3,(H,14,15). The van der Waals surface area contributed by atoms with E-state index in [0.29, 0.717) is 6.42 Å². The lowest BCUT2D eigenvalue weighted by molar-refractivity contribution is -0.128. The van der Waals surface area contributed by atoms with Gasteiger partial charge in [0.2, 0.25) is 0 Å². The number of halogens is 1. The first-order chi connectivity index (χ1) is 7.58. The predicted octanol–water partition coefficient (Wildman–Crippen LogP) is 1.28. The lowest BCUT2D eigenvalue weighted by Gasteiger charge is -2.16. The van der Waals surface area contributed by atoms with Crippen LogP contribution in [0, 0.1) is 12.7 Å². The van der Waals surface area contributed by atoms with Gasteiger partial charge in [0.05, 0.1) is 0 Å². The zero-order valence-corrected chi connectivity index (χ0v) is 9.29. The van der Waals surface area contributed by atoms with Gasteiger partial charge in [0.15, 0.2) is 17.7 Å². The Labute approximate surface area is 93.6 Å². The summed E-state index contributed by atoms with van der Waals surface area (Å²) in [6.07, 6.45) is -0.363. The number of benzene rings is 1. The Morgan fingerprint density at radius 1 is 1.62 bits per heavy atom. The summed E-state index contributed by atoms with van der Waals surface area (Å²) in [4.78, 5) is 11.3. The Bertz CT molecular complexity index is 382. The van der Waals surface area contributed by atoms with Crippen LogP contribution in [-0.4, -0.2) is 12.0 Å². The lowest BCUT2D eigenvalue weighted by atomic mass is 10.2. The summed E-state index contributed by atoms with van der Waals surface area (Å²) in [6, 6.07) is 4.48. The van der Waals surface area contributed by atoms with E-state index in [1.165, 1.54) is 6.07 Å². The molecule has 0 aliphatic rings. The number of aryl methyl sites for hydroxylation is 1. The highest BCUT2D eigenvalue weighted by Crippen LogP contribution is 2.20. The highest BCUT2D eigenvalue weighted by atomic mass is 19.1. The van der Waals surface area contributed by atoms with Crippen LogP contribution in [0.4, 0.5) is 4.39 Å². The van der Waals surface area contributed by atoms with Gasteiger partial charge in [-0.1, -0.05) is 13.0 Å². The molecule has 1 amide bonds. The summed E-state index contributed by atoms with van der Waals surface area (Å²) in [5.41, 5.74) is 2.84. The van der Waals surface area contributed by atoms with Gasteiger partial charge >= 0.3 is 0 Å². The van der Waals surface area contributed by atoms with Crippen molar-refractivity contribution >= 4 is 5.91 Å². The number of hydrogen-bond acceptors (Lipinski definition) is 3. The van der Waals surface area contributed by atoms with Gasteiger partial charge in [-0.05, 0) is 31.0 Å². The van der Waals surface area contributed by atoms with Crippen LogP contribution < -0.4 is 16.0 Å². The first kappa shape index (κ1) is 12.4. The van der Waals surface area contributed by atoms with Crippen LogP contribution in [0.25, 0.3) is 0 Å². The second kappa shape index (κ2) is 5.46. The van der Waals surface area contributed by atoms with E-state index in [9.17, 15) is 9.18 Å². The number of amides is 1. The number of hydrazine groups is 1.